The summed E-state index contributed by atoms with van der Waals surface area (Å²) in [5.41, 5.74) is 11.9. The molecule has 0 saturated carbocycles. The molecule has 0 saturated heterocycles. The quantitative estimate of drug-likeness (QED) is 0.185. The Morgan fingerprint density at radius 1 is 0.700 bits per heavy atom. The molecule has 2 aliphatic rings. The van der Waals surface area contributed by atoms with Crippen LogP contribution < -0.4 is 0 Å². The fraction of sp³-hybridized carbons (Fsp3) is 0.556. The second-order valence-electron chi connectivity index (χ2n) is 13.9. The van der Waals surface area contributed by atoms with Crippen LogP contribution in [0.2, 0.25) is 13.1 Å². The maximum atomic E-state index is 8.62. The zero-order chi connectivity index (χ0) is 29.3. The van der Waals surface area contributed by atoms with Gasteiger partial charge in [-0.1, -0.05) is 0 Å². The van der Waals surface area contributed by atoms with Crippen molar-refractivity contribution in [2.75, 3.05) is 0 Å². The molecule has 2 unspecified atom stereocenters. The summed E-state index contributed by atoms with van der Waals surface area (Å²) in [5, 5.41) is 0. The number of benzene rings is 2. The Bertz CT molecular complexity index is 1180. The maximum absolute atomic E-state index is 8.62. The Labute approximate surface area is 254 Å². The van der Waals surface area contributed by atoms with E-state index in [0.29, 0.717) is 11.8 Å². The van der Waals surface area contributed by atoms with Crippen molar-refractivity contribution in [2.45, 2.75) is 113 Å². The molecule has 0 nitrogen and oxygen atoms in total. The van der Waals surface area contributed by atoms with E-state index < -0.39 is 21.5 Å². The van der Waals surface area contributed by atoms with Gasteiger partial charge in [0, 0.05) is 0 Å². The molecule has 4 heteroatoms. The predicted octanol–water partition coefficient (Wildman–Crippen LogP) is 12.0. The molecule has 219 valence electrons. The molecule has 4 rings (SSSR count). The van der Waals surface area contributed by atoms with E-state index in [4.69, 9.17) is 17.0 Å². The molecule has 0 bridgehead atoms. The standard InChI is InChI=1S/2C17H23.C2H7Si.2ClH.Zr/c2*1-4-5-7-15-8-6-9-16-11-14(10-13(2)3)12-17(15)16;1-3-2;;;/h2*6,8-9,11-13H,4-5,7,10H2,1-3H3;3H,1-2H3;2*1H;/q;;;;;+2/p-2. The van der Waals surface area contributed by atoms with Crippen molar-refractivity contribution in [1.29, 1.82) is 0 Å². The molecule has 0 aromatic heterocycles. The van der Waals surface area contributed by atoms with E-state index >= 15 is 0 Å². The molecule has 2 aromatic rings. The third-order valence-corrected chi connectivity index (χ3v) is 61.4. The van der Waals surface area contributed by atoms with Gasteiger partial charge in [0.1, 0.15) is 0 Å². The third-order valence-electron chi connectivity index (χ3n) is 9.58. The number of hydrogen-bond acceptors (Lipinski definition) is 0. The van der Waals surface area contributed by atoms with E-state index in [9.17, 15) is 0 Å². The molecule has 2 atom stereocenters. The van der Waals surface area contributed by atoms with Crippen molar-refractivity contribution in [1.82, 2.24) is 0 Å². The van der Waals surface area contributed by atoms with E-state index in [1.807, 2.05) is 0 Å². The van der Waals surface area contributed by atoms with Crippen molar-refractivity contribution >= 4 is 35.1 Å². The van der Waals surface area contributed by atoms with Gasteiger partial charge in [-0.3, -0.25) is 0 Å². The second-order valence-corrected chi connectivity index (χ2v) is 56.4. The van der Waals surface area contributed by atoms with Crippen LogP contribution in [-0.2, 0) is 28.4 Å². The number of hydrogen-bond donors (Lipinski definition) is 0. The first-order valence-electron chi connectivity index (χ1n) is 16.2. The summed E-state index contributed by atoms with van der Waals surface area (Å²) in [5.74, 6) is -0.375. The van der Waals surface area contributed by atoms with Crippen LogP contribution in [0.5, 0.6) is 0 Å². The van der Waals surface area contributed by atoms with Crippen LogP contribution in [0.4, 0.5) is 0 Å². The number of rotatable bonds is 13. The number of aryl methyl sites for hydroxylation is 2. The number of unbranched alkanes of at least 4 members (excludes halogenated alkanes) is 2. The van der Waals surface area contributed by atoms with Gasteiger partial charge in [-0.2, -0.15) is 0 Å². The molecule has 0 amide bonds. The summed E-state index contributed by atoms with van der Waals surface area (Å²) in [6.07, 6.45) is 14.4. The zero-order valence-corrected chi connectivity index (χ0v) is 31.5. The monoisotopic (exact) mass is 673 g/mol. The van der Waals surface area contributed by atoms with Gasteiger partial charge in [-0.25, -0.2) is 0 Å². The summed E-state index contributed by atoms with van der Waals surface area (Å²) in [6.45, 7) is 19.0. The van der Waals surface area contributed by atoms with E-state index in [-0.39, 0.29) is 7.25 Å². The van der Waals surface area contributed by atoms with Crippen molar-refractivity contribution in [2.24, 2.45) is 11.8 Å². The van der Waals surface area contributed by atoms with Gasteiger partial charge in [-0.05, 0) is 0 Å². The molecule has 0 heterocycles. The number of halogens is 2. The molecule has 40 heavy (non-hydrogen) atoms. The minimum atomic E-state index is -4.67. The number of fused-ring (bicyclic) bond motifs is 2. The van der Waals surface area contributed by atoms with Gasteiger partial charge in [0.05, 0.1) is 0 Å². The topological polar surface area (TPSA) is 0 Å². The molecule has 0 N–H and O–H groups in total. The minimum absolute atomic E-state index is 0.209. The van der Waals surface area contributed by atoms with Crippen LogP contribution in [0.3, 0.4) is 0 Å². The van der Waals surface area contributed by atoms with Gasteiger partial charge in [0.2, 0.25) is 0 Å². The van der Waals surface area contributed by atoms with Crippen molar-refractivity contribution in [3.63, 3.8) is 0 Å². The predicted molar refractivity (Wildman–Crippen MR) is 181 cm³/mol. The Kier molecular flexibility index (Phi) is 10.6. The molecule has 0 radical (unpaired) electrons. The Morgan fingerprint density at radius 3 is 1.43 bits per heavy atom. The van der Waals surface area contributed by atoms with E-state index in [2.05, 4.69) is 103 Å². The normalized spacial score (nSPS) is 19.6. The van der Waals surface area contributed by atoms with E-state index in [0.717, 1.165) is 25.7 Å². The molecular formula is C36H53Cl2SiZr. The molecule has 0 fully saturated rings. The molecule has 0 aliphatic heterocycles. The SMILES string of the molecule is CCCCc1cccc2c1C=C(CC(C)C)[CH]2[Zr]([Cl])([Cl])([CH]1C(CC(C)C)=Cc2c(CCCC)cccc21)[SiH](C)C. The van der Waals surface area contributed by atoms with E-state index in [1.54, 1.807) is 0 Å². The van der Waals surface area contributed by atoms with Gasteiger partial charge in [0.25, 0.3) is 0 Å². The first-order chi connectivity index (χ1) is 18.9. The summed E-state index contributed by atoms with van der Waals surface area (Å²) in [7, 11) is 17.2. The van der Waals surface area contributed by atoms with Gasteiger partial charge >= 0.3 is 257 Å². The third kappa shape index (κ3) is 6.00. The summed E-state index contributed by atoms with van der Waals surface area (Å²) in [6, 6.07) is 14.1. The van der Waals surface area contributed by atoms with Crippen LogP contribution in [-0.4, -0.2) is 5.92 Å². The van der Waals surface area contributed by atoms with Crippen LogP contribution in [0.1, 0.15) is 121 Å². The van der Waals surface area contributed by atoms with Gasteiger partial charge < -0.3 is 0 Å². The first kappa shape index (κ1) is 32.5. The van der Waals surface area contributed by atoms with Gasteiger partial charge in [0.15, 0.2) is 0 Å². The Morgan fingerprint density at radius 2 is 1.10 bits per heavy atom. The fourth-order valence-corrected chi connectivity index (χ4v) is 39.0. The molecule has 0 spiro atoms. The Balaban J connectivity index is 1.98. The van der Waals surface area contributed by atoms with Crippen LogP contribution in [0.15, 0.2) is 47.5 Å². The first-order valence-corrected chi connectivity index (χ1v) is 32.5. The summed E-state index contributed by atoms with van der Waals surface area (Å²) >= 11 is -4.67. The van der Waals surface area contributed by atoms with E-state index in [1.165, 1.54) is 70.2 Å². The fourth-order valence-electron chi connectivity index (χ4n) is 7.66. The van der Waals surface area contributed by atoms with Crippen molar-refractivity contribution in [3.05, 3.63) is 80.9 Å². The molecule has 2 aliphatic carbocycles. The van der Waals surface area contributed by atoms with Crippen LogP contribution in [0.25, 0.3) is 12.2 Å². The van der Waals surface area contributed by atoms with Crippen molar-refractivity contribution in [3.8, 4) is 0 Å². The van der Waals surface area contributed by atoms with Gasteiger partial charge in [-0.15, -0.1) is 0 Å². The summed E-state index contributed by atoms with van der Waals surface area (Å²) < 4.78 is 0.419. The zero-order valence-electron chi connectivity index (χ0n) is 26.4. The Hall–Kier alpha value is -0.400. The number of allylic oxidation sites excluding steroid dienone is 2. The summed E-state index contributed by atoms with van der Waals surface area (Å²) in [4.78, 5) is 0. The average Bonchev–Trinajstić information content (AvgIpc) is 3.44. The van der Waals surface area contributed by atoms with Crippen LogP contribution >= 0.6 is 17.0 Å². The average molecular weight is 676 g/mol. The molecular weight excluding hydrogens is 623 g/mol. The molecule has 2 aromatic carbocycles. The van der Waals surface area contributed by atoms with Crippen molar-refractivity contribution < 1.29 is 15.6 Å². The second kappa shape index (κ2) is 13.1. The van der Waals surface area contributed by atoms with Crippen LogP contribution in [0, 0.1) is 11.8 Å².